The largest absolute Gasteiger partial charge is 0.480 e. The van der Waals surface area contributed by atoms with E-state index >= 15 is 0 Å². The number of esters is 1. The molecule has 132 valence electrons. The zero-order valence-corrected chi connectivity index (χ0v) is 14.6. The number of methoxy groups -OCH3 is 1. The van der Waals surface area contributed by atoms with Crippen LogP contribution in [0.4, 0.5) is 0 Å². The highest BCUT2D eigenvalue weighted by atomic mass is 16.5. The number of carboxylic acids is 1. The monoisotopic (exact) mass is 334 g/mol. The second-order valence-corrected chi connectivity index (χ2v) is 7.06. The van der Waals surface area contributed by atoms with Gasteiger partial charge in [-0.05, 0) is 38.2 Å². The summed E-state index contributed by atoms with van der Waals surface area (Å²) >= 11 is 0. The zero-order chi connectivity index (χ0) is 17.4. The number of carbonyl (C=O) groups excluding carboxylic acids is 1. The summed E-state index contributed by atoms with van der Waals surface area (Å²) < 4.78 is 6.81. The first kappa shape index (κ1) is 17.0. The van der Waals surface area contributed by atoms with Crippen molar-refractivity contribution in [2.24, 2.45) is 13.0 Å². The fourth-order valence-corrected chi connectivity index (χ4v) is 4.44. The lowest BCUT2D eigenvalue weighted by Crippen LogP contribution is -2.42. The van der Waals surface area contributed by atoms with Crippen molar-refractivity contribution in [2.45, 2.75) is 57.7 Å². The molecule has 3 atom stereocenters. The first-order chi connectivity index (χ1) is 11.4. The number of aliphatic carboxylic acids is 1. The second kappa shape index (κ2) is 6.59. The fourth-order valence-electron chi connectivity index (χ4n) is 4.44. The molecule has 0 bridgehead atoms. The van der Waals surface area contributed by atoms with E-state index in [0.29, 0.717) is 24.1 Å². The molecule has 1 aliphatic heterocycles. The number of likely N-dealkylation sites (tertiary alicyclic amines) is 1. The number of rotatable bonds is 4. The highest BCUT2D eigenvalue weighted by molar-refractivity contribution is 5.91. The molecule has 1 saturated heterocycles. The number of carbonyl (C=O) groups is 2. The quantitative estimate of drug-likeness (QED) is 0.856. The first-order valence-corrected chi connectivity index (χ1v) is 8.66. The summed E-state index contributed by atoms with van der Waals surface area (Å²) in [5.41, 5.74) is 2.37. The van der Waals surface area contributed by atoms with E-state index in [1.807, 2.05) is 24.6 Å². The summed E-state index contributed by atoms with van der Waals surface area (Å²) in [7, 11) is 3.29. The van der Waals surface area contributed by atoms with Gasteiger partial charge in [-0.2, -0.15) is 0 Å². The van der Waals surface area contributed by atoms with Crippen molar-refractivity contribution in [3.63, 3.8) is 0 Å². The van der Waals surface area contributed by atoms with Crippen LogP contribution in [0.1, 0.15) is 53.8 Å². The molecule has 1 aliphatic carbocycles. The van der Waals surface area contributed by atoms with Gasteiger partial charge in [-0.25, -0.2) is 4.79 Å². The van der Waals surface area contributed by atoms with E-state index in [4.69, 9.17) is 4.74 Å². The molecule has 3 rings (SSSR count). The van der Waals surface area contributed by atoms with E-state index in [1.165, 1.54) is 20.0 Å². The van der Waals surface area contributed by atoms with E-state index in [-0.39, 0.29) is 5.97 Å². The van der Waals surface area contributed by atoms with Gasteiger partial charge in [0.25, 0.3) is 0 Å². The van der Waals surface area contributed by atoms with E-state index in [2.05, 4.69) is 4.90 Å². The predicted molar refractivity (Wildman–Crippen MR) is 88.8 cm³/mol. The summed E-state index contributed by atoms with van der Waals surface area (Å²) in [6.07, 6.45) is 5.32. The summed E-state index contributed by atoms with van der Waals surface area (Å²) in [4.78, 5) is 25.8. The molecule has 0 aromatic carbocycles. The predicted octanol–water partition coefficient (Wildman–Crippen LogP) is 2.34. The average molecular weight is 334 g/mol. The van der Waals surface area contributed by atoms with Gasteiger partial charge >= 0.3 is 11.9 Å². The van der Waals surface area contributed by atoms with Crippen LogP contribution in [0.3, 0.4) is 0 Å². The molecule has 6 heteroatoms. The third-order valence-corrected chi connectivity index (χ3v) is 5.89. The Morgan fingerprint density at radius 2 is 2.04 bits per heavy atom. The maximum Gasteiger partial charge on any atom is 0.339 e. The van der Waals surface area contributed by atoms with Gasteiger partial charge in [0.15, 0.2) is 0 Å². The molecule has 0 radical (unpaired) electrons. The van der Waals surface area contributed by atoms with Crippen LogP contribution >= 0.6 is 0 Å². The van der Waals surface area contributed by atoms with Crippen molar-refractivity contribution in [1.82, 2.24) is 9.47 Å². The minimum Gasteiger partial charge on any atom is -0.480 e. The van der Waals surface area contributed by atoms with Gasteiger partial charge in [0.2, 0.25) is 0 Å². The Morgan fingerprint density at radius 3 is 2.71 bits per heavy atom. The van der Waals surface area contributed by atoms with Gasteiger partial charge in [0.1, 0.15) is 6.04 Å². The standard InChI is InChI=1S/C18H26N2O4/c1-11-14(18(23)24-3)9-13(19(11)2)10-20-15-7-5-4-6-12(15)8-16(20)17(21)22/h9,12,15-16H,4-8,10H2,1-3H3,(H,21,22). The lowest BCUT2D eigenvalue weighted by molar-refractivity contribution is -0.142. The zero-order valence-electron chi connectivity index (χ0n) is 14.6. The Morgan fingerprint density at radius 1 is 1.33 bits per heavy atom. The van der Waals surface area contributed by atoms with Gasteiger partial charge in [-0.3, -0.25) is 9.69 Å². The number of nitrogens with zero attached hydrogens (tertiary/aromatic N) is 2. The molecule has 2 heterocycles. The van der Waals surface area contributed by atoms with Crippen molar-refractivity contribution in [3.05, 3.63) is 23.0 Å². The highest BCUT2D eigenvalue weighted by Gasteiger charge is 2.45. The lowest BCUT2D eigenvalue weighted by atomic mass is 9.85. The molecule has 1 aromatic heterocycles. The molecule has 2 aliphatic rings. The molecule has 0 spiro atoms. The Balaban J connectivity index is 1.88. The third-order valence-electron chi connectivity index (χ3n) is 5.89. The van der Waals surface area contributed by atoms with Crippen LogP contribution in [0.25, 0.3) is 0 Å². The normalized spacial score (nSPS) is 27.0. The van der Waals surface area contributed by atoms with Crippen LogP contribution in [0.15, 0.2) is 6.07 Å². The number of fused-ring (bicyclic) bond motifs is 1. The highest BCUT2D eigenvalue weighted by Crippen LogP contribution is 2.40. The van der Waals surface area contributed by atoms with Crippen molar-refractivity contribution < 1.29 is 19.4 Å². The number of hydrogen-bond donors (Lipinski definition) is 1. The second-order valence-electron chi connectivity index (χ2n) is 7.06. The topological polar surface area (TPSA) is 71.8 Å². The van der Waals surface area contributed by atoms with Crippen molar-refractivity contribution in [2.75, 3.05) is 7.11 Å². The molecule has 2 fully saturated rings. The molecule has 1 N–H and O–H groups in total. The van der Waals surface area contributed by atoms with Gasteiger partial charge < -0.3 is 14.4 Å². The Kier molecular flexibility index (Phi) is 4.67. The Labute approximate surface area is 142 Å². The van der Waals surface area contributed by atoms with E-state index in [0.717, 1.165) is 30.7 Å². The van der Waals surface area contributed by atoms with Crippen LogP contribution in [0.5, 0.6) is 0 Å². The van der Waals surface area contributed by atoms with Crippen LogP contribution in [0, 0.1) is 12.8 Å². The van der Waals surface area contributed by atoms with Gasteiger partial charge in [0, 0.05) is 31.0 Å². The van der Waals surface area contributed by atoms with Crippen LogP contribution in [-0.4, -0.2) is 45.7 Å². The number of carboxylic acid groups (broad SMARTS) is 1. The van der Waals surface area contributed by atoms with E-state index in [9.17, 15) is 14.7 Å². The summed E-state index contributed by atoms with van der Waals surface area (Å²) in [5, 5.41) is 9.64. The minimum atomic E-state index is -0.733. The lowest BCUT2D eigenvalue weighted by Gasteiger charge is -2.33. The number of ether oxygens (including phenoxy) is 1. The average Bonchev–Trinajstić information content (AvgIpc) is 3.08. The fraction of sp³-hybridized carbons (Fsp3) is 0.667. The maximum absolute atomic E-state index is 11.9. The molecule has 0 amide bonds. The molecule has 1 aromatic rings. The molecule has 3 unspecified atom stereocenters. The van der Waals surface area contributed by atoms with Crippen LogP contribution in [-0.2, 0) is 23.1 Å². The maximum atomic E-state index is 11.9. The van der Waals surface area contributed by atoms with Gasteiger partial charge in [-0.1, -0.05) is 12.8 Å². The smallest absolute Gasteiger partial charge is 0.339 e. The van der Waals surface area contributed by atoms with E-state index < -0.39 is 12.0 Å². The van der Waals surface area contributed by atoms with Crippen molar-refractivity contribution in [1.29, 1.82) is 0 Å². The molecule has 24 heavy (non-hydrogen) atoms. The Hall–Kier alpha value is -1.82. The minimum absolute atomic E-state index is 0.344. The van der Waals surface area contributed by atoms with Crippen LogP contribution < -0.4 is 0 Å². The van der Waals surface area contributed by atoms with E-state index in [1.54, 1.807) is 0 Å². The summed E-state index contributed by atoms with van der Waals surface area (Å²) in [5.74, 6) is -0.592. The van der Waals surface area contributed by atoms with Gasteiger partial charge in [0.05, 0.1) is 12.7 Å². The van der Waals surface area contributed by atoms with Gasteiger partial charge in [-0.15, -0.1) is 0 Å². The number of aromatic nitrogens is 1. The van der Waals surface area contributed by atoms with Crippen molar-refractivity contribution in [3.8, 4) is 0 Å². The SMILES string of the molecule is COC(=O)c1cc(CN2C(C(=O)O)CC3CCCCC32)n(C)c1C. The molecule has 1 saturated carbocycles. The third kappa shape index (κ3) is 2.83. The molecular formula is C18H26N2O4. The summed E-state index contributed by atoms with van der Waals surface area (Å²) in [6.45, 7) is 2.45. The summed E-state index contributed by atoms with van der Waals surface area (Å²) in [6, 6.07) is 1.77. The molecule has 6 nitrogen and oxygen atoms in total. The van der Waals surface area contributed by atoms with Crippen molar-refractivity contribution >= 4 is 11.9 Å². The Bertz CT molecular complexity index is 652. The molecular weight excluding hydrogens is 308 g/mol. The first-order valence-electron chi connectivity index (χ1n) is 8.66. The number of hydrogen-bond acceptors (Lipinski definition) is 4. The van der Waals surface area contributed by atoms with Crippen LogP contribution in [0.2, 0.25) is 0 Å².